The van der Waals surface area contributed by atoms with Crippen molar-refractivity contribution in [3.05, 3.63) is 71.8 Å². The van der Waals surface area contributed by atoms with Crippen LogP contribution in [0.1, 0.15) is 24.5 Å². The maximum Gasteiger partial charge on any atom is 0.0992 e. The van der Waals surface area contributed by atoms with Gasteiger partial charge in [0.05, 0.1) is 5.60 Å². The quantitative estimate of drug-likeness (QED) is 0.757. The largest absolute Gasteiger partial charge is 0.384 e. The number of aryl methyl sites for hydroxylation is 1. The monoisotopic (exact) mass is 269 g/mol. The van der Waals surface area contributed by atoms with Gasteiger partial charge in [-0.15, -0.1) is 0 Å². The first kappa shape index (κ1) is 14.8. The molecule has 0 aromatic heterocycles. The minimum absolute atomic E-state index is 0.575. The Bertz CT molecular complexity index is 493. The highest BCUT2D eigenvalue weighted by atomic mass is 16.3. The zero-order valence-electron chi connectivity index (χ0n) is 12.0. The Labute approximate surface area is 121 Å². The summed E-state index contributed by atoms with van der Waals surface area (Å²) in [7, 11) is 0. The van der Waals surface area contributed by atoms with Gasteiger partial charge in [0.15, 0.2) is 0 Å². The van der Waals surface area contributed by atoms with Gasteiger partial charge in [0, 0.05) is 6.54 Å². The fourth-order valence-corrected chi connectivity index (χ4v) is 2.29. The molecule has 0 aliphatic rings. The van der Waals surface area contributed by atoms with Crippen LogP contribution in [0.25, 0.3) is 0 Å². The molecule has 2 rings (SSSR count). The highest BCUT2D eigenvalue weighted by Gasteiger charge is 2.21. The smallest absolute Gasteiger partial charge is 0.0992 e. The van der Waals surface area contributed by atoms with E-state index in [1.807, 2.05) is 43.3 Å². The molecule has 2 aromatic rings. The van der Waals surface area contributed by atoms with Gasteiger partial charge in [-0.2, -0.15) is 0 Å². The van der Waals surface area contributed by atoms with E-state index in [2.05, 4.69) is 29.6 Å². The van der Waals surface area contributed by atoms with Gasteiger partial charge in [-0.05, 0) is 37.4 Å². The number of benzene rings is 2. The van der Waals surface area contributed by atoms with Gasteiger partial charge in [0.1, 0.15) is 0 Å². The maximum absolute atomic E-state index is 10.4. The molecule has 1 unspecified atom stereocenters. The number of rotatable bonds is 7. The van der Waals surface area contributed by atoms with Gasteiger partial charge in [-0.25, -0.2) is 0 Å². The van der Waals surface area contributed by atoms with E-state index in [-0.39, 0.29) is 0 Å². The highest BCUT2D eigenvalue weighted by Crippen LogP contribution is 2.18. The number of hydrogen-bond acceptors (Lipinski definition) is 2. The molecule has 0 aliphatic carbocycles. The van der Waals surface area contributed by atoms with Crippen LogP contribution in [0.4, 0.5) is 0 Å². The van der Waals surface area contributed by atoms with Gasteiger partial charge >= 0.3 is 0 Å². The second-order valence-electron chi connectivity index (χ2n) is 5.41. The lowest BCUT2D eigenvalue weighted by molar-refractivity contribution is 0.0571. The third-order valence-corrected chi connectivity index (χ3v) is 3.53. The van der Waals surface area contributed by atoms with Crippen molar-refractivity contribution in [2.24, 2.45) is 0 Å². The lowest BCUT2D eigenvalue weighted by Crippen LogP contribution is -2.35. The van der Waals surface area contributed by atoms with Crippen LogP contribution in [-0.2, 0) is 12.0 Å². The molecule has 1 atom stereocenters. The topological polar surface area (TPSA) is 32.3 Å². The Hall–Kier alpha value is -1.64. The van der Waals surface area contributed by atoms with Crippen molar-refractivity contribution in [3.63, 3.8) is 0 Å². The minimum atomic E-state index is -0.812. The van der Waals surface area contributed by atoms with Crippen molar-refractivity contribution in [3.8, 4) is 0 Å². The van der Waals surface area contributed by atoms with Crippen molar-refractivity contribution in [2.75, 3.05) is 13.1 Å². The molecule has 0 radical (unpaired) electrons. The zero-order chi connectivity index (χ0) is 14.3. The van der Waals surface area contributed by atoms with Crippen molar-refractivity contribution in [1.82, 2.24) is 5.32 Å². The number of hydrogen-bond donors (Lipinski definition) is 2. The average molecular weight is 269 g/mol. The van der Waals surface area contributed by atoms with Gasteiger partial charge in [0.2, 0.25) is 0 Å². The molecule has 0 aliphatic heterocycles. The van der Waals surface area contributed by atoms with Crippen molar-refractivity contribution >= 4 is 0 Å². The molecule has 0 amide bonds. The summed E-state index contributed by atoms with van der Waals surface area (Å²) in [5.74, 6) is 0. The minimum Gasteiger partial charge on any atom is -0.384 e. The van der Waals surface area contributed by atoms with Gasteiger partial charge in [0.25, 0.3) is 0 Å². The molecular weight excluding hydrogens is 246 g/mol. The first-order valence-corrected chi connectivity index (χ1v) is 7.21. The molecule has 2 N–H and O–H groups in total. The Morgan fingerprint density at radius 2 is 1.55 bits per heavy atom. The van der Waals surface area contributed by atoms with Crippen LogP contribution in [-0.4, -0.2) is 18.2 Å². The summed E-state index contributed by atoms with van der Waals surface area (Å²) < 4.78 is 0. The van der Waals surface area contributed by atoms with E-state index in [0.717, 1.165) is 24.9 Å². The number of aliphatic hydroxyl groups is 1. The second kappa shape index (κ2) is 7.22. The normalized spacial score (nSPS) is 13.9. The lowest BCUT2D eigenvalue weighted by Gasteiger charge is -2.24. The maximum atomic E-state index is 10.4. The lowest BCUT2D eigenvalue weighted by atomic mass is 9.96. The van der Waals surface area contributed by atoms with E-state index in [1.165, 1.54) is 5.56 Å². The van der Waals surface area contributed by atoms with Crippen LogP contribution in [0.3, 0.4) is 0 Å². The number of nitrogens with one attached hydrogen (secondary N) is 1. The first-order valence-electron chi connectivity index (χ1n) is 7.21. The molecular formula is C18H23NO. The summed E-state index contributed by atoms with van der Waals surface area (Å²) in [6, 6.07) is 20.3. The predicted molar refractivity (Wildman–Crippen MR) is 83.6 cm³/mol. The molecule has 2 aromatic carbocycles. The summed E-state index contributed by atoms with van der Waals surface area (Å²) in [4.78, 5) is 0. The molecule has 0 bridgehead atoms. The van der Waals surface area contributed by atoms with E-state index in [0.29, 0.717) is 6.54 Å². The summed E-state index contributed by atoms with van der Waals surface area (Å²) in [5.41, 5.74) is 1.51. The fraction of sp³-hybridized carbons (Fsp3) is 0.333. The molecule has 0 saturated heterocycles. The standard InChI is InChI=1S/C18H23NO/c1-18(20,17-12-6-3-7-13-17)15-19-14-8-11-16-9-4-2-5-10-16/h2-7,9-10,12-13,19-20H,8,11,14-15H2,1H3. The molecule has 2 nitrogen and oxygen atoms in total. The molecule has 0 spiro atoms. The molecule has 2 heteroatoms. The Morgan fingerprint density at radius 1 is 0.950 bits per heavy atom. The Balaban J connectivity index is 1.70. The van der Waals surface area contributed by atoms with Crippen LogP contribution in [0.2, 0.25) is 0 Å². The summed E-state index contributed by atoms with van der Waals surface area (Å²) in [6.07, 6.45) is 2.15. The van der Waals surface area contributed by atoms with Gasteiger partial charge < -0.3 is 10.4 Å². The van der Waals surface area contributed by atoms with Crippen LogP contribution >= 0.6 is 0 Å². The van der Waals surface area contributed by atoms with Crippen LogP contribution in [0.5, 0.6) is 0 Å². The van der Waals surface area contributed by atoms with Crippen molar-refractivity contribution in [1.29, 1.82) is 0 Å². The van der Waals surface area contributed by atoms with Gasteiger partial charge in [-0.1, -0.05) is 60.7 Å². The Kier molecular flexibility index (Phi) is 5.33. The molecule has 20 heavy (non-hydrogen) atoms. The molecule has 0 saturated carbocycles. The second-order valence-corrected chi connectivity index (χ2v) is 5.41. The molecule has 0 heterocycles. The highest BCUT2D eigenvalue weighted by molar-refractivity contribution is 5.21. The SMILES string of the molecule is CC(O)(CNCCCc1ccccc1)c1ccccc1. The van der Waals surface area contributed by atoms with Crippen LogP contribution in [0.15, 0.2) is 60.7 Å². The summed E-state index contributed by atoms with van der Waals surface area (Å²) >= 11 is 0. The van der Waals surface area contributed by atoms with Crippen molar-refractivity contribution in [2.45, 2.75) is 25.4 Å². The first-order chi connectivity index (χ1) is 9.68. The molecule has 0 fully saturated rings. The summed E-state index contributed by atoms with van der Waals surface area (Å²) in [5, 5.41) is 13.8. The van der Waals surface area contributed by atoms with E-state index in [1.54, 1.807) is 0 Å². The average Bonchev–Trinajstić information content (AvgIpc) is 2.49. The van der Waals surface area contributed by atoms with E-state index < -0.39 is 5.60 Å². The molecule has 106 valence electrons. The van der Waals surface area contributed by atoms with Crippen LogP contribution in [0, 0.1) is 0 Å². The van der Waals surface area contributed by atoms with E-state index >= 15 is 0 Å². The van der Waals surface area contributed by atoms with Gasteiger partial charge in [-0.3, -0.25) is 0 Å². The van der Waals surface area contributed by atoms with E-state index in [9.17, 15) is 5.11 Å². The van der Waals surface area contributed by atoms with Crippen LogP contribution < -0.4 is 5.32 Å². The predicted octanol–water partition coefficient (Wildman–Crippen LogP) is 3.12. The third-order valence-electron chi connectivity index (χ3n) is 3.53. The Morgan fingerprint density at radius 3 is 2.20 bits per heavy atom. The fourth-order valence-electron chi connectivity index (χ4n) is 2.29. The van der Waals surface area contributed by atoms with Crippen molar-refractivity contribution < 1.29 is 5.11 Å². The third kappa shape index (κ3) is 4.48. The van der Waals surface area contributed by atoms with E-state index in [4.69, 9.17) is 0 Å². The zero-order valence-corrected chi connectivity index (χ0v) is 12.0. The summed E-state index contributed by atoms with van der Waals surface area (Å²) in [6.45, 7) is 3.34.